The highest BCUT2D eigenvalue weighted by Gasteiger charge is 2.45. The van der Waals surface area contributed by atoms with Crippen LogP contribution in [0.2, 0.25) is 0 Å². The predicted octanol–water partition coefficient (Wildman–Crippen LogP) is 4.33. The van der Waals surface area contributed by atoms with Gasteiger partial charge in [-0.15, -0.1) is 0 Å². The molecule has 1 unspecified atom stereocenters. The number of carbonyl (C=O) groups excluding carboxylic acids is 2. The molecular formula is C30H30F4N4O4. The summed E-state index contributed by atoms with van der Waals surface area (Å²) in [5, 5.41) is 6.50. The molecule has 12 heteroatoms. The van der Waals surface area contributed by atoms with Gasteiger partial charge in [0, 0.05) is 43.2 Å². The number of nitrogens with one attached hydrogen (secondary N) is 1. The van der Waals surface area contributed by atoms with Crippen molar-refractivity contribution in [2.24, 2.45) is 0 Å². The molecule has 1 aromatic heterocycles. The number of hydrogen-bond acceptors (Lipinski definition) is 6. The van der Waals surface area contributed by atoms with Crippen LogP contribution in [0.3, 0.4) is 0 Å². The van der Waals surface area contributed by atoms with Gasteiger partial charge in [-0.3, -0.25) is 14.5 Å². The summed E-state index contributed by atoms with van der Waals surface area (Å²) in [7, 11) is 0. The second-order valence-electron chi connectivity index (χ2n) is 10.5. The minimum absolute atomic E-state index is 0.0880. The Morgan fingerprint density at radius 2 is 1.81 bits per heavy atom. The van der Waals surface area contributed by atoms with E-state index in [1.165, 1.54) is 17.0 Å². The van der Waals surface area contributed by atoms with Gasteiger partial charge in [0.15, 0.2) is 6.23 Å². The summed E-state index contributed by atoms with van der Waals surface area (Å²) in [6.45, 7) is 2.76. The minimum Gasteiger partial charge on any atom is -0.435 e. The molecule has 222 valence electrons. The number of piperidine rings is 1. The van der Waals surface area contributed by atoms with E-state index >= 15 is 0 Å². The Labute approximate surface area is 239 Å². The fourth-order valence-corrected chi connectivity index (χ4v) is 5.69. The van der Waals surface area contributed by atoms with Crippen LogP contribution in [0, 0.1) is 5.82 Å². The van der Waals surface area contributed by atoms with E-state index in [0.717, 1.165) is 5.56 Å². The fourth-order valence-electron chi connectivity index (χ4n) is 5.69. The molecule has 8 nitrogen and oxygen atoms in total. The SMILES string of the molecule is CCc1cc(Cc2ccc(F)c(C(=O)N3CCC(N4CCc5ccccc5C4OC(=O)C(F)(F)F)CC3)c2)n[nH]c1=O. The van der Waals surface area contributed by atoms with Crippen LogP contribution in [0.5, 0.6) is 0 Å². The molecule has 3 aromatic rings. The largest absolute Gasteiger partial charge is 0.490 e. The highest BCUT2D eigenvalue weighted by atomic mass is 19.4. The zero-order valence-electron chi connectivity index (χ0n) is 22.9. The third kappa shape index (κ3) is 6.23. The third-order valence-corrected chi connectivity index (χ3v) is 7.89. The average Bonchev–Trinajstić information content (AvgIpc) is 2.98. The van der Waals surface area contributed by atoms with Crippen molar-refractivity contribution in [3.63, 3.8) is 0 Å². The molecule has 0 radical (unpaired) electrons. The molecule has 0 spiro atoms. The van der Waals surface area contributed by atoms with Gasteiger partial charge in [0.05, 0.1) is 11.3 Å². The van der Waals surface area contributed by atoms with Crippen molar-refractivity contribution in [3.05, 3.63) is 98.2 Å². The van der Waals surface area contributed by atoms with Gasteiger partial charge >= 0.3 is 12.1 Å². The molecule has 2 aromatic carbocycles. The van der Waals surface area contributed by atoms with Crippen molar-refractivity contribution in [2.75, 3.05) is 19.6 Å². The first-order chi connectivity index (χ1) is 20.0. The van der Waals surface area contributed by atoms with E-state index in [-0.39, 0.29) is 30.3 Å². The number of aryl methyl sites for hydroxylation is 1. The highest BCUT2D eigenvalue weighted by molar-refractivity contribution is 5.94. The first kappa shape index (κ1) is 29.4. The zero-order chi connectivity index (χ0) is 30.0. The van der Waals surface area contributed by atoms with Crippen LogP contribution in [-0.2, 0) is 28.8 Å². The van der Waals surface area contributed by atoms with Crippen molar-refractivity contribution in [1.29, 1.82) is 0 Å². The molecule has 1 saturated heterocycles. The number of amides is 1. The Balaban J connectivity index is 1.28. The van der Waals surface area contributed by atoms with Gasteiger partial charge in [0.25, 0.3) is 11.5 Å². The number of nitrogens with zero attached hydrogens (tertiary/aromatic N) is 3. The molecule has 3 heterocycles. The number of rotatable bonds is 6. The predicted molar refractivity (Wildman–Crippen MR) is 144 cm³/mol. The number of aromatic nitrogens is 2. The number of likely N-dealkylation sites (tertiary alicyclic amines) is 1. The van der Waals surface area contributed by atoms with E-state index in [0.29, 0.717) is 61.0 Å². The number of aromatic amines is 1. The number of alkyl halides is 3. The second kappa shape index (κ2) is 12.0. The number of benzene rings is 2. The fraction of sp³-hybridized carbons (Fsp3) is 0.400. The molecule has 0 aliphatic carbocycles. The van der Waals surface area contributed by atoms with Gasteiger partial charge in [-0.1, -0.05) is 37.3 Å². The Kier molecular flexibility index (Phi) is 8.44. The van der Waals surface area contributed by atoms with Gasteiger partial charge in [0.1, 0.15) is 5.82 Å². The number of ether oxygens (including phenoxy) is 1. The van der Waals surface area contributed by atoms with Crippen LogP contribution in [0.15, 0.2) is 53.3 Å². The van der Waals surface area contributed by atoms with Crippen molar-refractivity contribution >= 4 is 11.9 Å². The van der Waals surface area contributed by atoms with Gasteiger partial charge in [-0.05, 0) is 55.0 Å². The first-order valence-corrected chi connectivity index (χ1v) is 13.8. The lowest BCUT2D eigenvalue weighted by molar-refractivity contribution is -0.217. The Morgan fingerprint density at radius 1 is 1.07 bits per heavy atom. The Hall–Kier alpha value is -4.06. The topological polar surface area (TPSA) is 95.6 Å². The standard InChI is InChI=1S/C30H30F4N4O4/c1-2-19-17-21(35-36-26(19)39)15-18-7-8-25(31)24(16-18)27(40)37-12-10-22(11-13-37)38-14-9-20-5-3-4-6-23(20)28(38)42-29(41)30(32,33)34/h3-8,16-17,22,28H,2,9-15H2,1H3,(H,36,39). The smallest absolute Gasteiger partial charge is 0.435 e. The van der Waals surface area contributed by atoms with Crippen molar-refractivity contribution < 1.29 is 31.9 Å². The molecule has 42 heavy (non-hydrogen) atoms. The summed E-state index contributed by atoms with van der Waals surface area (Å²) in [6, 6.07) is 12.7. The number of halogens is 4. The van der Waals surface area contributed by atoms with E-state index in [2.05, 4.69) is 10.2 Å². The van der Waals surface area contributed by atoms with Crippen LogP contribution in [-0.4, -0.2) is 63.7 Å². The van der Waals surface area contributed by atoms with Crippen LogP contribution < -0.4 is 5.56 Å². The minimum atomic E-state index is -5.13. The summed E-state index contributed by atoms with van der Waals surface area (Å²) >= 11 is 0. The number of fused-ring (bicyclic) bond motifs is 1. The molecule has 0 saturated carbocycles. The van der Waals surface area contributed by atoms with Gasteiger partial charge in [0.2, 0.25) is 0 Å². The van der Waals surface area contributed by atoms with Crippen LogP contribution >= 0.6 is 0 Å². The summed E-state index contributed by atoms with van der Waals surface area (Å²) in [6.07, 6.45) is -4.09. The summed E-state index contributed by atoms with van der Waals surface area (Å²) < 4.78 is 59.1. The number of carbonyl (C=O) groups is 2. The van der Waals surface area contributed by atoms with Crippen LogP contribution in [0.25, 0.3) is 0 Å². The van der Waals surface area contributed by atoms with Gasteiger partial charge in [-0.2, -0.15) is 18.3 Å². The lowest BCUT2D eigenvalue weighted by Gasteiger charge is -2.44. The van der Waals surface area contributed by atoms with Crippen molar-refractivity contribution in [3.8, 4) is 0 Å². The van der Waals surface area contributed by atoms with E-state index in [9.17, 15) is 31.9 Å². The molecule has 1 atom stereocenters. The zero-order valence-corrected chi connectivity index (χ0v) is 22.9. The Bertz CT molecular complexity index is 1530. The van der Waals surface area contributed by atoms with Crippen LogP contribution in [0.4, 0.5) is 17.6 Å². The van der Waals surface area contributed by atoms with E-state index in [1.54, 1.807) is 41.3 Å². The molecule has 1 amide bonds. The Morgan fingerprint density at radius 3 is 2.52 bits per heavy atom. The molecule has 2 aliphatic heterocycles. The lowest BCUT2D eigenvalue weighted by Crippen LogP contribution is -2.51. The highest BCUT2D eigenvalue weighted by Crippen LogP contribution is 2.36. The molecule has 1 N–H and O–H groups in total. The monoisotopic (exact) mass is 586 g/mol. The number of esters is 1. The first-order valence-electron chi connectivity index (χ1n) is 13.8. The average molecular weight is 587 g/mol. The number of hydrogen-bond donors (Lipinski definition) is 1. The lowest BCUT2D eigenvalue weighted by atomic mass is 9.93. The second-order valence-corrected chi connectivity index (χ2v) is 10.5. The van der Waals surface area contributed by atoms with Crippen molar-refractivity contribution in [2.45, 2.75) is 57.5 Å². The van der Waals surface area contributed by atoms with E-state index in [4.69, 9.17) is 4.74 Å². The molecular weight excluding hydrogens is 556 g/mol. The quantitative estimate of drug-likeness (QED) is 0.342. The molecule has 1 fully saturated rings. The number of H-pyrrole nitrogens is 1. The maximum Gasteiger partial charge on any atom is 0.490 e. The summed E-state index contributed by atoms with van der Waals surface area (Å²) in [4.78, 5) is 40.3. The summed E-state index contributed by atoms with van der Waals surface area (Å²) in [5.41, 5.74) is 2.79. The van der Waals surface area contributed by atoms with E-state index < -0.39 is 30.1 Å². The third-order valence-electron chi connectivity index (χ3n) is 7.89. The van der Waals surface area contributed by atoms with Crippen LogP contribution in [0.1, 0.15) is 64.3 Å². The van der Waals surface area contributed by atoms with E-state index in [1.807, 2.05) is 6.92 Å². The molecule has 2 aliphatic rings. The maximum atomic E-state index is 14.8. The maximum absolute atomic E-state index is 14.8. The van der Waals surface area contributed by atoms with Gasteiger partial charge in [-0.25, -0.2) is 14.3 Å². The normalized spacial score (nSPS) is 18.0. The molecule has 5 rings (SSSR count). The molecule has 0 bridgehead atoms. The van der Waals surface area contributed by atoms with Gasteiger partial charge < -0.3 is 9.64 Å². The summed E-state index contributed by atoms with van der Waals surface area (Å²) in [5.74, 6) is -3.40. The van der Waals surface area contributed by atoms with Crippen molar-refractivity contribution in [1.82, 2.24) is 20.0 Å².